The molecule has 2 aromatic carbocycles. The molecule has 25 heavy (non-hydrogen) atoms. The van der Waals surface area contributed by atoms with Crippen LogP contribution in [0.4, 0.5) is 4.39 Å². The van der Waals surface area contributed by atoms with Crippen molar-refractivity contribution in [3.8, 4) is 6.07 Å². The molecule has 0 spiro atoms. The minimum Gasteiger partial charge on any atom is -0.392 e. The van der Waals surface area contributed by atoms with Gasteiger partial charge in [-0.1, -0.05) is 24.3 Å². The van der Waals surface area contributed by atoms with E-state index in [4.69, 9.17) is 5.26 Å². The Hall–Kier alpha value is -2.26. The van der Waals surface area contributed by atoms with Crippen LogP contribution in [0.1, 0.15) is 35.1 Å². The molecule has 0 saturated carbocycles. The molecule has 132 valence electrons. The Morgan fingerprint density at radius 2 is 1.88 bits per heavy atom. The molecule has 2 aromatic rings. The zero-order valence-corrected chi connectivity index (χ0v) is 14.5. The molecule has 2 rings (SSSR count). The van der Waals surface area contributed by atoms with Gasteiger partial charge in [0.05, 0.1) is 18.2 Å². The lowest BCUT2D eigenvalue weighted by Gasteiger charge is -2.32. The van der Waals surface area contributed by atoms with Gasteiger partial charge < -0.3 is 15.1 Å². The molecule has 1 atom stereocenters. The van der Waals surface area contributed by atoms with Gasteiger partial charge in [-0.3, -0.25) is 0 Å². The monoisotopic (exact) mass is 342 g/mol. The Labute approximate surface area is 147 Å². The van der Waals surface area contributed by atoms with Crippen LogP contribution in [0.5, 0.6) is 0 Å². The Bertz CT molecular complexity index is 771. The second kappa shape index (κ2) is 8.21. The molecule has 2 N–H and O–H groups in total. The molecule has 0 bridgehead atoms. The van der Waals surface area contributed by atoms with E-state index in [1.807, 2.05) is 25.1 Å². The third-order valence-electron chi connectivity index (χ3n) is 4.31. The van der Waals surface area contributed by atoms with Crippen LogP contribution in [0, 0.1) is 17.1 Å². The summed E-state index contributed by atoms with van der Waals surface area (Å²) in [5, 5.41) is 30.2. The number of halogens is 1. The van der Waals surface area contributed by atoms with E-state index in [2.05, 4.69) is 0 Å². The van der Waals surface area contributed by atoms with Crippen molar-refractivity contribution in [1.29, 1.82) is 5.26 Å². The SMILES string of the molecule is CN(C)CCCC(O)(c1ccccc1F)c1ccc(C#N)cc1CO. The van der Waals surface area contributed by atoms with E-state index in [1.54, 1.807) is 30.3 Å². The largest absolute Gasteiger partial charge is 0.392 e. The quantitative estimate of drug-likeness (QED) is 0.812. The van der Waals surface area contributed by atoms with Crippen molar-refractivity contribution in [3.05, 3.63) is 70.5 Å². The summed E-state index contributed by atoms with van der Waals surface area (Å²) in [4.78, 5) is 1.99. The fourth-order valence-electron chi connectivity index (χ4n) is 3.06. The lowest BCUT2D eigenvalue weighted by molar-refractivity contribution is 0.0604. The van der Waals surface area contributed by atoms with Gasteiger partial charge in [-0.15, -0.1) is 0 Å². The zero-order chi connectivity index (χ0) is 18.4. The number of aliphatic hydroxyl groups excluding tert-OH is 1. The highest BCUT2D eigenvalue weighted by Gasteiger charge is 2.35. The average Bonchev–Trinajstić information content (AvgIpc) is 2.61. The van der Waals surface area contributed by atoms with E-state index in [-0.39, 0.29) is 12.2 Å². The van der Waals surface area contributed by atoms with Crippen LogP contribution in [0.15, 0.2) is 42.5 Å². The fraction of sp³-hybridized carbons (Fsp3) is 0.350. The highest BCUT2D eigenvalue weighted by molar-refractivity contribution is 5.45. The molecule has 0 aromatic heterocycles. The molecule has 0 saturated heterocycles. The Kier molecular flexibility index (Phi) is 6.27. The van der Waals surface area contributed by atoms with Crippen LogP contribution in [0.25, 0.3) is 0 Å². The molecular formula is C20H23FN2O2. The molecule has 1 unspecified atom stereocenters. The number of benzene rings is 2. The fourth-order valence-corrected chi connectivity index (χ4v) is 3.06. The number of rotatable bonds is 7. The molecule has 5 heteroatoms. The first-order chi connectivity index (χ1) is 11.9. The van der Waals surface area contributed by atoms with Crippen molar-refractivity contribution in [2.24, 2.45) is 0 Å². The number of aliphatic hydroxyl groups is 2. The molecule has 0 radical (unpaired) electrons. The molecular weight excluding hydrogens is 319 g/mol. The highest BCUT2D eigenvalue weighted by atomic mass is 19.1. The average molecular weight is 342 g/mol. The maximum Gasteiger partial charge on any atom is 0.129 e. The van der Waals surface area contributed by atoms with Gasteiger partial charge in [0.1, 0.15) is 11.4 Å². The zero-order valence-electron chi connectivity index (χ0n) is 14.5. The topological polar surface area (TPSA) is 67.5 Å². The first-order valence-electron chi connectivity index (χ1n) is 8.19. The van der Waals surface area contributed by atoms with Crippen molar-refractivity contribution < 1.29 is 14.6 Å². The molecule has 0 aliphatic carbocycles. The van der Waals surface area contributed by atoms with Gasteiger partial charge in [0, 0.05) is 5.56 Å². The van der Waals surface area contributed by atoms with Crippen LogP contribution in [-0.4, -0.2) is 35.8 Å². The van der Waals surface area contributed by atoms with E-state index in [0.29, 0.717) is 29.5 Å². The Balaban J connectivity index is 2.56. The summed E-state index contributed by atoms with van der Waals surface area (Å²) >= 11 is 0. The lowest BCUT2D eigenvalue weighted by atomic mass is 9.79. The summed E-state index contributed by atoms with van der Waals surface area (Å²) in [6, 6.07) is 12.9. The maximum atomic E-state index is 14.5. The van der Waals surface area contributed by atoms with Crippen molar-refractivity contribution in [1.82, 2.24) is 4.90 Å². The summed E-state index contributed by atoms with van der Waals surface area (Å²) in [7, 11) is 3.87. The van der Waals surface area contributed by atoms with E-state index in [9.17, 15) is 14.6 Å². The Morgan fingerprint density at radius 1 is 1.16 bits per heavy atom. The van der Waals surface area contributed by atoms with Gasteiger partial charge in [-0.25, -0.2) is 4.39 Å². The predicted octanol–water partition coefficient (Wildman–Crippen LogP) is 2.77. The molecule has 0 aliphatic rings. The van der Waals surface area contributed by atoms with Crippen molar-refractivity contribution in [2.75, 3.05) is 20.6 Å². The van der Waals surface area contributed by atoms with Crippen molar-refractivity contribution in [3.63, 3.8) is 0 Å². The van der Waals surface area contributed by atoms with E-state index >= 15 is 0 Å². The summed E-state index contributed by atoms with van der Waals surface area (Å²) in [5.41, 5.74) is -0.161. The van der Waals surface area contributed by atoms with Gasteiger partial charge >= 0.3 is 0 Å². The van der Waals surface area contributed by atoms with E-state index in [1.165, 1.54) is 12.1 Å². The Morgan fingerprint density at radius 3 is 2.48 bits per heavy atom. The standard InChI is InChI=1S/C20H23FN2O2/c1-23(2)11-5-10-20(25,18-6-3-4-7-19(18)21)17-9-8-15(13-22)12-16(17)14-24/h3-4,6-9,12,24-25H,5,10-11,14H2,1-2H3. The van der Waals surface area contributed by atoms with Gasteiger partial charge in [0.25, 0.3) is 0 Å². The molecule has 0 amide bonds. The summed E-state index contributed by atoms with van der Waals surface area (Å²) in [5.74, 6) is -0.497. The van der Waals surface area contributed by atoms with Gasteiger partial charge in [-0.2, -0.15) is 5.26 Å². The highest BCUT2D eigenvalue weighted by Crippen LogP contribution is 2.38. The first-order valence-corrected chi connectivity index (χ1v) is 8.19. The van der Waals surface area contributed by atoms with E-state index in [0.717, 1.165) is 6.54 Å². The van der Waals surface area contributed by atoms with E-state index < -0.39 is 11.4 Å². The van der Waals surface area contributed by atoms with Crippen molar-refractivity contribution >= 4 is 0 Å². The second-order valence-corrected chi connectivity index (χ2v) is 6.39. The number of hydrogen-bond acceptors (Lipinski definition) is 4. The van der Waals surface area contributed by atoms with Gasteiger partial charge in [0.15, 0.2) is 0 Å². The third-order valence-corrected chi connectivity index (χ3v) is 4.31. The van der Waals surface area contributed by atoms with Crippen LogP contribution in [0.3, 0.4) is 0 Å². The lowest BCUT2D eigenvalue weighted by Crippen LogP contribution is -2.31. The minimum absolute atomic E-state index is 0.174. The smallest absolute Gasteiger partial charge is 0.129 e. The van der Waals surface area contributed by atoms with Crippen LogP contribution in [0.2, 0.25) is 0 Å². The third kappa shape index (κ3) is 4.23. The normalized spacial score (nSPS) is 13.5. The number of hydrogen-bond donors (Lipinski definition) is 2. The predicted molar refractivity (Wildman–Crippen MR) is 94.3 cm³/mol. The molecule has 0 aliphatic heterocycles. The summed E-state index contributed by atoms with van der Waals surface area (Å²) in [6.45, 7) is 0.400. The van der Waals surface area contributed by atoms with Crippen LogP contribution >= 0.6 is 0 Å². The number of nitrogens with zero attached hydrogens (tertiary/aromatic N) is 2. The first kappa shape index (κ1) is 19.1. The molecule has 0 fully saturated rings. The van der Waals surface area contributed by atoms with Crippen molar-refractivity contribution in [2.45, 2.75) is 25.0 Å². The summed E-state index contributed by atoms with van der Waals surface area (Å²) in [6.07, 6.45) is 0.938. The minimum atomic E-state index is -1.58. The maximum absolute atomic E-state index is 14.5. The van der Waals surface area contributed by atoms with Gasteiger partial charge in [-0.05, 0) is 62.8 Å². The van der Waals surface area contributed by atoms with Gasteiger partial charge in [0.2, 0.25) is 0 Å². The van der Waals surface area contributed by atoms with Crippen LogP contribution < -0.4 is 0 Å². The molecule has 4 nitrogen and oxygen atoms in total. The van der Waals surface area contributed by atoms with Crippen LogP contribution in [-0.2, 0) is 12.2 Å². The molecule has 0 heterocycles. The number of nitriles is 1. The summed E-state index contributed by atoms with van der Waals surface area (Å²) < 4.78 is 14.5. The second-order valence-electron chi connectivity index (χ2n) is 6.39.